The summed E-state index contributed by atoms with van der Waals surface area (Å²) in [6, 6.07) is 3.03. The zero-order valence-corrected chi connectivity index (χ0v) is 13.7. The molecular formula is C15H19ClN2O2S. The minimum Gasteiger partial charge on any atom is -0.342 e. The van der Waals surface area contributed by atoms with Crippen LogP contribution in [0.3, 0.4) is 0 Å². The number of rotatable bonds is 4. The first-order valence-electron chi connectivity index (χ1n) is 7.32. The van der Waals surface area contributed by atoms with E-state index in [9.17, 15) is 9.59 Å². The summed E-state index contributed by atoms with van der Waals surface area (Å²) in [6.45, 7) is 4.42. The van der Waals surface area contributed by atoms with E-state index in [2.05, 4.69) is 5.32 Å². The molecule has 3 rings (SSSR count). The van der Waals surface area contributed by atoms with E-state index < -0.39 is 6.04 Å². The second kappa shape index (κ2) is 5.61. The standard InChI is InChI=1S/C15H19ClN2O2S/c1-8(2)13-14(19)17-12(9-3-4-9)15(20)18(13)7-10-5-6-11(16)21-10/h5-6,8-9,12-13H,3-4,7H2,1-2H3,(H,17,19). The number of amides is 2. The molecule has 0 aromatic carbocycles. The van der Waals surface area contributed by atoms with Crippen LogP contribution in [0.2, 0.25) is 4.34 Å². The topological polar surface area (TPSA) is 49.4 Å². The van der Waals surface area contributed by atoms with Gasteiger partial charge in [0.15, 0.2) is 0 Å². The van der Waals surface area contributed by atoms with E-state index >= 15 is 0 Å². The highest BCUT2D eigenvalue weighted by atomic mass is 35.5. The van der Waals surface area contributed by atoms with Crippen LogP contribution in [0.5, 0.6) is 0 Å². The van der Waals surface area contributed by atoms with Crippen molar-refractivity contribution in [1.82, 2.24) is 10.2 Å². The average molecular weight is 327 g/mol. The Labute approximate surface area is 133 Å². The van der Waals surface area contributed by atoms with Gasteiger partial charge in [0.1, 0.15) is 12.1 Å². The molecule has 1 saturated heterocycles. The molecule has 0 radical (unpaired) electrons. The van der Waals surface area contributed by atoms with Gasteiger partial charge in [-0.2, -0.15) is 0 Å². The maximum absolute atomic E-state index is 12.8. The largest absolute Gasteiger partial charge is 0.342 e. The normalized spacial score (nSPS) is 26.4. The van der Waals surface area contributed by atoms with Crippen LogP contribution < -0.4 is 5.32 Å². The van der Waals surface area contributed by atoms with Gasteiger partial charge in [0.05, 0.1) is 10.9 Å². The van der Waals surface area contributed by atoms with Crippen LogP contribution in [-0.2, 0) is 16.1 Å². The maximum Gasteiger partial charge on any atom is 0.246 e. The molecule has 1 aliphatic carbocycles. The van der Waals surface area contributed by atoms with Crippen molar-refractivity contribution in [1.29, 1.82) is 0 Å². The van der Waals surface area contributed by atoms with Gasteiger partial charge in [-0.25, -0.2) is 0 Å². The van der Waals surface area contributed by atoms with Crippen molar-refractivity contribution >= 4 is 34.8 Å². The van der Waals surface area contributed by atoms with Gasteiger partial charge >= 0.3 is 0 Å². The maximum atomic E-state index is 12.8. The molecule has 4 nitrogen and oxygen atoms in total. The monoisotopic (exact) mass is 326 g/mol. The minimum atomic E-state index is -0.395. The quantitative estimate of drug-likeness (QED) is 0.924. The third-order valence-electron chi connectivity index (χ3n) is 4.13. The molecule has 2 unspecified atom stereocenters. The number of halogens is 1. The molecule has 2 amide bonds. The van der Waals surface area contributed by atoms with Gasteiger partial charge in [-0.15, -0.1) is 11.3 Å². The number of nitrogens with zero attached hydrogens (tertiary/aromatic N) is 1. The first-order chi connectivity index (χ1) is 9.97. The van der Waals surface area contributed by atoms with Crippen LogP contribution in [-0.4, -0.2) is 28.8 Å². The summed E-state index contributed by atoms with van der Waals surface area (Å²) < 4.78 is 0.707. The Bertz CT molecular complexity index is 568. The van der Waals surface area contributed by atoms with Gasteiger partial charge in [-0.05, 0) is 36.8 Å². The average Bonchev–Trinajstić information content (AvgIpc) is 3.17. The van der Waals surface area contributed by atoms with Crippen molar-refractivity contribution in [2.24, 2.45) is 11.8 Å². The Hall–Kier alpha value is -1.07. The molecule has 2 fully saturated rings. The summed E-state index contributed by atoms with van der Waals surface area (Å²) >= 11 is 7.43. The number of hydrogen-bond donors (Lipinski definition) is 1. The first-order valence-corrected chi connectivity index (χ1v) is 8.52. The molecule has 1 aromatic heterocycles. The highest BCUT2D eigenvalue weighted by Gasteiger charge is 2.47. The van der Waals surface area contributed by atoms with Gasteiger partial charge < -0.3 is 10.2 Å². The molecule has 0 spiro atoms. The molecular weight excluding hydrogens is 308 g/mol. The number of carbonyl (C=O) groups excluding carboxylic acids is 2. The second-order valence-corrected chi connectivity index (χ2v) is 7.98. The number of piperazine rings is 1. The van der Waals surface area contributed by atoms with Gasteiger partial charge in [0.25, 0.3) is 0 Å². The van der Waals surface area contributed by atoms with Crippen LogP contribution in [0.4, 0.5) is 0 Å². The van der Waals surface area contributed by atoms with Gasteiger partial charge in [0.2, 0.25) is 11.8 Å². The predicted molar refractivity (Wildman–Crippen MR) is 83.2 cm³/mol. The summed E-state index contributed by atoms with van der Waals surface area (Å²) in [7, 11) is 0. The number of carbonyl (C=O) groups is 2. The smallest absolute Gasteiger partial charge is 0.246 e. The highest BCUT2D eigenvalue weighted by Crippen LogP contribution is 2.36. The summed E-state index contributed by atoms with van der Waals surface area (Å²) in [5, 5.41) is 2.93. The van der Waals surface area contributed by atoms with Crippen LogP contribution in [0.15, 0.2) is 12.1 Å². The second-order valence-electron chi connectivity index (χ2n) is 6.18. The van der Waals surface area contributed by atoms with E-state index in [4.69, 9.17) is 11.6 Å². The molecule has 6 heteroatoms. The molecule has 1 saturated carbocycles. The van der Waals surface area contributed by atoms with E-state index in [-0.39, 0.29) is 23.8 Å². The summed E-state index contributed by atoms with van der Waals surface area (Å²) in [4.78, 5) is 27.9. The molecule has 1 aliphatic heterocycles. The zero-order valence-electron chi connectivity index (χ0n) is 12.1. The van der Waals surface area contributed by atoms with Crippen molar-refractivity contribution in [3.63, 3.8) is 0 Å². The molecule has 2 heterocycles. The molecule has 1 aromatic rings. The van der Waals surface area contributed by atoms with Crippen molar-refractivity contribution in [2.45, 2.75) is 45.3 Å². The summed E-state index contributed by atoms with van der Waals surface area (Å²) in [5.74, 6) is 0.443. The van der Waals surface area contributed by atoms with E-state index in [1.165, 1.54) is 11.3 Å². The van der Waals surface area contributed by atoms with Gasteiger partial charge in [-0.3, -0.25) is 9.59 Å². The lowest BCUT2D eigenvalue weighted by Crippen LogP contribution is -2.65. The fourth-order valence-corrected chi connectivity index (χ4v) is 4.04. The summed E-state index contributed by atoms with van der Waals surface area (Å²) in [5.41, 5.74) is 0. The highest BCUT2D eigenvalue weighted by molar-refractivity contribution is 7.16. The number of hydrogen-bond acceptors (Lipinski definition) is 3. The SMILES string of the molecule is CC(C)C1C(=O)NC(C2CC2)C(=O)N1Cc1ccc(Cl)s1. The van der Waals surface area contributed by atoms with Crippen LogP contribution in [0.25, 0.3) is 0 Å². The van der Waals surface area contributed by atoms with Crippen molar-refractivity contribution < 1.29 is 9.59 Å². The molecule has 2 atom stereocenters. The summed E-state index contributed by atoms with van der Waals surface area (Å²) in [6.07, 6.45) is 2.06. The lowest BCUT2D eigenvalue weighted by molar-refractivity contribution is -0.152. The first kappa shape index (κ1) is 14.9. The third kappa shape index (κ3) is 2.94. The van der Waals surface area contributed by atoms with Crippen molar-refractivity contribution in [3.8, 4) is 0 Å². The minimum absolute atomic E-state index is 0.0239. The zero-order chi connectivity index (χ0) is 15.1. The fraction of sp³-hybridized carbons (Fsp3) is 0.600. The molecule has 1 N–H and O–H groups in total. The van der Waals surface area contributed by atoms with Gasteiger partial charge in [-0.1, -0.05) is 25.4 Å². The fourth-order valence-electron chi connectivity index (χ4n) is 2.95. The predicted octanol–water partition coefficient (Wildman–Crippen LogP) is 2.66. The Morgan fingerprint density at radius 3 is 2.62 bits per heavy atom. The lowest BCUT2D eigenvalue weighted by Gasteiger charge is -2.40. The Morgan fingerprint density at radius 1 is 1.38 bits per heavy atom. The molecule has 2 aliphatic rings. The Kier molecular flexibility index (Phi) is 3.97. The Morgan fingerprint density at radius 2 is 2.10 bits per heavy atom. The van der Waals surface area contributed by atoms with Gasteiger partial charge in [0, 0.05) is 4.88 Å². The van der Waals surface area contributed by atoms with Crippen LogP contribution in [0.1, 0.15) is 31.6 Å². The lowest BCUT2D eigenvalue weighted by atomic mass is 9.95. The number of nitrogens with one attached hydrogen (secondary N) is 1. The van der Waals surface area contributed by atoms with E-state index in [0.717, 1.165) is 17.7 Å². The van der Waals surface area contributed by atoms with Crippen LogP contribution >= 0.6 is 22.9 Å². The van der Waals surface area contributed by atoms with Crippen molar-refractivity contribution in [2.75, 3.05) is 0 Å². The van der Waals surface area contributed by atoms with Crippen molar-refractivity contribution in [3.05, 3.63) is 21.3 Å². The van der Waals surface area contributed by atoms with E-state index in [1.54, 1.807) is 4.90 Å². The third-order valence-corrected chi connectivity index (χ3v) is 5.35. The van der Waals surface area contributed by atoms with E-state index in [1.807, 2.05) is 26.0 Å². The molecule has 0 bridgehead atoms. The van der Waals surface area contributed by atoms with E-state index in [0.29, 0.717) is 16.8 Å². The number of thiophene rings is 1. The van der Waals surface area contributed by atoms with Crippen LogP contribution in [0, 0.1) is 11.8 Å². The molecule has 21 heavy (non-hydrogen) atoms. The molecule has 114 valence electrons. The Balaban J connectivity index is 1.86.